The lowest BCUT2D eigenvalue weighted by Crippen LogP contribution is -2.15. The number of carbonyl (C=O) groups is 1. The van der Waals surface area contributed by atoms with Gasteiger partial charge in [0.25, 0.3) is 5.91 Å². The largest absolute Gasteiger partial charge is 0.492 e. The second-order valence-electron chi connectivity index (χ2n) is 4.59. The van der Waals surface area contributed by atoms with Gasteiger partial charge in [0.1, 0.15) is 5.75 Å². The summed E-state index contributed by atoms with van der Waals surface area (Å²) in [6.07, 6.45) is 0. The zero-order chi connectivity index (χ0) is 15.4. The van der Waals surface area contributed by atoms with Gasteiger partial charge in [-0.15, -0.1) is 0 Å². The van der Waals surface area contributed by atoms with Crippen LogP contribution in [0.25, 0.3) is 0 Å². The number of nitrogen functional groups attached to an aromatic ring is 1. The highest BCUT2D eigenvalue weighted by Gasteiger charge is 2.14. The number of benzene rings is 2. The molecule has 2 aromatic carbocycles. The maximum atomic E-state index is 12.3. The highest BCUT2D eigenvalue weighted by Crippen LogP contribution is 2.28. The molecule has 0 aromatic heterocycles. The lowest BCUT2D eigenvalue weighted by molar-refractivity contribution is 0.102. The molecule has 0 saturated carbocycles. The van der Waals surface area contributed by atoms with Crippen LogP contribution in [0.3, 0.4) is 0 Å². The fourth-order valence-electron chi connectivity index (χ4n) is 1.93. The monoisotopic (exact) mass is 304 g/mol. The van der Waals surface area contributed by atoms with E-state index >= 15 is 0 Å². The Morgan fingerprint density at radius 2 is 2.10 bits per heavy atom. The zero-order valence-electron chi connectivity index (χ0n) is 11.9. The molecule has 0 unspecified atom stereocenters. The van der Waals surface area contributed by atoms with Crippen molar-refractivity contribution in [2.45, 2.75) is 13.8 Å². The SMILES string of the molecule is CCOc1cc(C)ccc1NC(=O)c1cccc(Cl)c1N. The van der Waals surface area contributed by atoms with Gasteiger partial charge in [-0.05, 0) is 43.7 Å². The third-order valence-electron chi connectivity index (χ3n) is 2.98. The summed E-state index contributed by atoms with van der Waals surface area (Å²) in [6, 6.07) is 10.5. The number of para-hydroxylation sites is 1. The Balaban J connectivity index is 2.29. The molecule has 5 heteroatoms. The van der Waals surface area contributed by atoms with Crippen LogP contribution < -0.4 is 15.8 Å². The number of aryl methyl sites for hydroxylation is 1. The van der Waals surface area contributed by atoms with E-state index in [1.807, 2.05) is 26.0 Å². The van der Waals surface area contributed by atoms with Gasteiger partial charge in [-0.2, -0.15) is 0 Å². The van der Waals surface area contributed by atoms with Crippen molar-refractivity contribution >= 4 is 28.9 Å². The van der Waals surface area contributed by atoms with Gasteiger partial charge in [-0.1, -0.05) is 23.7 Å². The van der Waals surface area contributed by atoms with E-state index in [0.29, 0.717) is 28.6 Å². The van der Waals surface area contributed by atoms with Crippen molar-refractivity contribution in [1.29, 1.82) is 0 Å². The Morgan fingerprint density at radius 1 is 1.33 bits per heavy atom. The summed E-state index contributed by atoms with van der Waals surface area (Å²) in [5, 5.41) is 3.16. The van der Waals surface area contributed by atoms with E-state index in [2.05, 4.69) is 5.32 Å². The van der Waals surface area contributed by atoms with Crippen molar-refractivity contribution in [3.05, 3.63) is 52.5 Å². The third-order valence-corrected chi connectivity index (χ3v) is 3.31. The van der Waals surface area contributed by atoms with Gasteiger partial charge in [0, 0.05) is 0 Å². The summed E-state index contributed by atoms with van der Waals surface area (Å²) in [7, 11) is 0. The number of nitrogens with one attached hydrogen (secondary N) is 1. The molecule has 3 N–H and O–H groups in total. The van der Waals surface area contributed by atoms with Crippen molar-refractivity contribution in [1.82, 2.24) is 0 Å². The molecule has 21 heavy (non-hydrogen) atoms. The number of hydrogen-bond acceptors (Lipinski definition) is 3. The molecule has 110 valence electrons. The topological polar surface area (TPSA) is 64.3 Å². The molecule has 0 spiro atoms. The number of ether oxygens (including phenoxy) is 1. The molecule has 0 fully saturated rings. The van der Waals surface area contributed by atoms with Crippen LogP contribution >= 0.6 is 11.6 Å². The van der Waals surface area contributed by atoms with E-state index in [1.165, 1.54) is 0 Å². The number of amides is 1. The normalized spacial score (nSPS) is 10.2. The van der Waals surface area contributed by atoms with Gasteiger partial charge in [-0.25, -0.2) is 0 Å². The number of nitrogens with two attached hydrogens (primary N) is 1. The lowest BCUT2D eigenvalue weighted by Gasteiger charge is -2.13. The molecule has 0 aliphatic carbocycles. The van der Waals surface area contributed by atoms with Crippen molar-refractivity contribution in [2.75, 3.05) is 17.7 Å². The predicted octanol–water partition coefficient (Wildman–Crippen LogP) is 3.88. The van der Waals surface area contributed by atoms with E-state index in [1.54, 1.807) is 24.3 Å². The number of rotatable bonds is 4. The first-order valence-electron chi connectivity index (χ1n) is 6.61. The first-order chi connectivity index (χ1) is 10.0. The minimum Gasteiger partial charge on any atom is -0.492 e. The number of hydrogen-bond donors (Lipinski definition) is 2. The van der Waals surface area contributed by atoms with Crippen LogP contribution in [0.4, 0.5) is 11.4 Å². The standard InChI is InChI=1S/C16H17ClN2O2/c1-3-21-14-9-10(2)7-8-13(14)19-16(20)11-5-4-6-12(17)15(11)18/h4-9H,3,18H2,1-2H3,(H,19,20). The fraction of sp³-hybridized carbons (Fsp3) is 0.188. The molecule has 0 heterocycles. The first-order valence-corrected chi connectivity index (χ1v) is 6.99. The van der Waals surface area contributed by atoms with Crippen molar-refractivity contribution in [3.63, 3.8) is 0 Å². The second kappa shape index (κ2) is 6.50. The molecule has 2 rings (SSSR count). The van der Waals surface area contributed by atoms with Crippen molar-refractivity contribution < 1.29 is 9.53 Å². The zero-order valence-corrected chi connectivity index (χ0v) is 12.7. The number of halogens is 1. The third kappa shape index (κ3) is 3.47. The molecule has 1 amide bonds. The van der Waals surface area contributed by atoms with Crippen LogP contribution in [-0.4, -0.2) is 12.5 Å². The molecular formula is C16H17ClN2O2. The van der Waals surface area contributed by atoms with E-state index < -0.39 is 0 Å². The summed E-state index contributed by atoms with van der Waals surface area (Å²) in [5.41, 5.74) is 8.10. The molecule has 0 aliphatic rings. The summed E-state index contributed by atoms with van der Waals surface area (Å²) in [4.78, 5) is 12.3. The first kappa shape index (κ1) is 15.2. The molecule has 0 radical (unpaired) electrons. The van der Waals surface area contributed by atoms with Crippen LogP contribution in [0.15, 0.2) is 36.4 Å². The smallest absolute Gasteiger partial charge is 0.257 e. The van der Waals surface area contributed by atoms with Crippen LogP contribution in [0.1, 0.15) is 22.8 Å². The molecule has 0 aliphatic heterocycles. The molecule has 2 aromatic rings. The van der Waals surface area contributed by atoms with Gasteiger partial charge in [0.2, 0.25) is 0 Å². The summed E-state index contributed by atoms with van der Waals surface area (Å²) < 4.78 is 5.54. The van der Waals surface area contributed by atoms with Crippen molar-refractivity contribution in [3.8, 4) is 5.75 Å². The minimum absolute atomic E-state index is 0.265. The minimum atomic E-state index is -0.320. The molecule has 0 atom stereocenters. The summed E-state index contributed by atoms with van der Waals surface area (Å²) >= 11 is 5.93. The highest BCUT2D eigenvalue weighted by atomic mass is 35.5. The summed E-state index contributed by atoms with van der Waals surface area (Å²) in [5.74, 6) is 0.311. The van der Waals surface area contributed by atoms with Crippen LogP contribution in [0, 0.1) is 6.92 Å². The van der Waals surface area contributed by atoms with E-state index in [-0.39, 0.29) is 11.6 Å². The Bertz CT molecular complexity index is 671. The summed E-state index contributed by atoms with van der Waals surface area (Å²) in [6.45, 7) is 4.37. The fourth-order valence-corrected chi connectivity index (χ4v) is 2.11. The average Bonchev–Trinajstić information content (AvgIpc) is 2.45. The number of carbonyl (C=O) groups excluding carboxylic acids is 1. The highest BCUT2D eigenvalue weighted by molar-refractivity contribution is 6.34. The van der Waals surface area contributed by atoms with Crippen LogP contribution in [-0.2, 0) is 0 Å². The molecule has 0 bridgehead atoms. The second-order valence-corrected chi connectivity index (χ2v) is 5.00. The van der Waals surface area contributed by atoms with E-state index in [9.17, 15) is 4.79 Å². The van der Waals surface area contributed by atoms with Gasteiger partial charge in [-0.3, -0.25) is 4.79 Å². The maximum absolute atomic E-state index is 12.3. The van der Waals surface area contributed by atoms with Gasteiger partial charge >= 0.3 is 0 Å². The Hall–Kier alpha value is -2.20. The molecule has 4 nitrogen and oxygen atoms in total. The van der Waals surface area contributed by atoms with E-state index in [0.717, 1.165) is 5.56 Å². The average molecular weight is 305 g/mol. The Morgan fingerprint density at radius 3 is 2.81 bits per heavy atom. The Labute approximate surface area is 128 Å². The van der Waals surface area contributed by atoms with Crippen LogP contribution in [0.2, 0.25) is 5.02 Å². The maximum Gasteiger partial charge on any atom is 0.257 e. The van der Waals surface area contributed by atoms with Crippen molar-refractivity contribution in [2.24, 2.45) is 0 Å². The van der Waals surface area contributed by atoms with Gasteiger partial charge < -0.3 is 15.8 Å². The molecule has 0 saturated heterocycles. The number of anilines is 2. The Kier molecular flexibility index (Phi) is 4.70. The van der Waals surface area contributed by atoms with Crippen LogP contribution in [0.5, 0.6) is 5.75 Å². The lowest BCUT2D eigenvalue weighted by atomic mass is 10.1. The quantitative estimate of drug-likeness (QED) is 0.842. The van der Waals surface area contributed by atoms with E-state index in [4.69, 9.17) is 22.1 Å². The van der Waals surface area contributed by atoms with Gasteiger partial charge in [0.15, 0.2) is 0 Å². The predicted molar refractivity (Wildman–Crippen MR) is 86.2 cm³/mol. The van der Waals surface area contributed by atoms with Gasteiger partial charge in [0.05, 0.1) is 28.6 Å². The molecular weight excluding hydrogens is 288 g/mol.